The normalized spacial score (nSPS) is 10.9. The molecule has 0 spiro atoms. The first-order valence-corrected chi connectivity index (χ1v) is 4.79. The van der Waals surface area contributed by atoms with Gasteiger partial charge in [0.25, 0.3) is 0 Å². The minimum absolute atomic E-state index is 2.00. The maximum absolute atomic E-state index is 8.96. The van der Waals surface area contributed by atoms with Crippen molar-refractivity contribution in [1.82, 2.24) is 0 Å². The van der Waals surface area contributed by atoms with Crippen molar-refractivity contribution in [3.63, 3.8) is 0 Å². The predicted molar refractivity (Wildman–Crippen MR) is 46.0 cm³/mol. The van der Waals surface area contributed by atoms with Crippen LogP contribution in [0.25, 0.3) is 0 Å². The highest BCUT2D eigenvalue weighted by molar-refractivity contribution is 8.18. The van der Waals surface area contributed by atoms with Crippen LogP contribution in [0.4, 0.5) is 0 Å². The summed E-state index contributed by atoms with van der Waals surface area (Å²) in [6, 6.07) is 12.0. The monoisotopic (exact) mass is 176 g/mol. The lowest BCUT2D eigenvalue weighted by Crippen LogP contribution is -1.54. The quantitative estimate of drug-likeness (QED) is 0.581. The van der Waals surface area contributed by atoms with Crippen molar-refractivity contribution in [1.29, 1.82) is 0 Å². The number of benzene rings is 1. The smallest absolute Gasteiger partial charge is 0.130 e. The SMILES string of the molecule is O=[SH](O)=S.c1ccccc1. The average molecular weight is 176 g/mol. The molecule has 2 nitrogen and oxygen atoms in total. The second-order valence-electron chi connectivity index (χ2n) is 1.39. The molecule has 1 rings (SSSR count). The van der Waals surface area contributed by atoms with Crippen molar-refractivity contribution < 1.29 is 8.76 Å². The van der Waals surface area contributed by atoms with Gasteiger partial charge in [-0.15, -0.1) is 0 Å². The highest BCUT2D eigenvalue weighted by Gasteiger charge is 1.57. The van der Waals surface area contributed by atoms with Gasteiger partial charge in [-0.25, -0.2) is 4.21 Å². The molecule has 0 bridgehead atoms. The largest absolute Gasteiger partial charge is 0.308 e. The summed E-state index contributed by atoms with van der Waals surface area (Å²) in [6.45, 7) is 0. The first-order chi connectivity index (χ1) is 4.73. The van der Waals surface area contributed by atoms with E-state index in [9.17, 15) is 0 Å². The average Bonchev–Trinajstić information content (AvgIpc) is 1.90. The summed E-state index contributed by atoms with van der Waals surface area (Å²) in [5.74, 6) is 0. The molecule has 0 aliphatic rings. The molecule has 0 saturated heterocycles. The fourth-order valence-electron chi connectivity index (χ4n) is 0.385. The number of hydrogen-bond acceptors (Lipinski definition) is 2. The van der Waals surface area contributed by atoms with Gasteiger partial charge in [0.15, 0.2) is 0 Å². The molecule has 1 aromatic rings. The fourth-order valence-corrected chi connectivity index (χ4v) is 0.385. The Hall–Kier alpha value is -0.450. The van der Waals surface area contributed by atoms with Crippen molar-refractivity contribution in [2.24, 2.45) is 0 Å². The highest BCUT2D eigenvalue weighted by Crippen LogP contribution is 1.79. The standard InChI is InChI=1S/C6H6.H2O2S2/c1-2-4-6-5-3-1;1-4(2)3/h1-6H;4H,(H,1,2,3). The topological polar surface area (TPSA) is 37.3 Å². The van der Waals surface area contributed by atoms with Crippen LogP contribution in [0, 0.1) is 0 Å². The first-order valence-electron chi connectivity index (χ1n) is 2.57. The zero-order valence-electron chi connectivity index (χ0n) is 5.18. The Morgan fingerprint density at radius 3 is 1.20 bits per heavy atom. The lowest BCUT2D eigenvalue weighted by molar-refractivity contribution is 0.583. The Bertz CT molecular complexity index is 184. The maximum Gasteiger partial charge on any atom is 0.130 e. The fraction of sp³-hybridized carbons (Fsp3) is 0. The molecular weight excluding hydrogens is 168 g/mol. The van der Waals surface area contributed by atoms with Crippen molar-refractivity contribution in [2.75, 3.05) is 0 Å². The van der Waals surface area contributed by atoms with Crippen molar-refractivity contribution in [3.8, 4) is 0 Å². The molecule has 0 heterocycles. The summed E-state index contributed by atoms with van der Waals surface area (Å²) in [7, 11) is -2.29. The molecule has 1 aromatic carbocycles. The molecule has 56 valence electrons. The van der Waals surface area contributed by atoms with Crippen LogP contribution >= 0.6 is 0 Å². The van der Waals surface area contributed by atoms with Gasteiger partial charge in [0, 0.05) is 11.2 Å². The lowest BCUT2D eigenvalue weighted by atomic mass is 10.4. The summed E-state index contributed by atoms with van der Waals surface area (Å²) in [4.78, 5) is 0. The Kier molecular flexibility index (Phi) is 6.37. The molecule has 0 aromatic heterocycles. The van der Waals surface area contributed by atoms with E-state index in [1.807, 2.05) is 36.4 Å². The van der Waals surface area contributed by atoms with E-state index < -0.39 is 9.64 Å². The predicted octanol–water partition coefficient (Wildman–Crippen LogP) is 1.09. The molecule has 10 heavy (non-hydrogen) atoms. The van der Waals surface area contributed by atoms with Gasteiger partial charge in [-0.1, -0.05) is 36.4 Å². The van der Waals surface area contributed by atoms with Crippen LogP contribution in [0.5, 0.6) is 0 Å². The molecule has 4 heteroatoms. The van der Waals surface area contributed by atoms with Gasteiger partial charge in [-0.2, -0.15) is 0 Å². The van der Waals surface area contributed by atoms with E-state index in [2.05, 4.69) is 11.2 Å². The van der Waals surface area contributed by atoms with Gasteiger partial charge in [-0.05, 0) is 0 Å². The summed E-state index contributed by atoms with van der Waals surface area (Å²) < 4.78 is 16.3. The highest BCUT2D eigenvalue weighted by atomic mass is 32.8. The summed E-state index contributed by atoms with van der Waals surface area (Å²) in [5.41, 5.74) is 0. The number of rotatable bonds is 0. The van der Waals surface area contributed by atoms with E-state index in [4.69, 9.17) is 8.76 Å². The molecular formula is C6H8O2S2. The van der Waals surface area contributed by atoms with Gasteiger partial charge >= 0.3 is 0 Å². The van der Waals surface area contributed by atoms with Gasteiger partial charge in [0.05, 0.1) is 0 Å². The third-order valence-corrected chi connectivity index (χ3v) is 0.667. The summed E-state index contributed by atoms with van der Waals surface area (Å²) in [6.07, 6.45) is 0. The Balaban J connectivity index is 0.000000180. The van der Waals surface area contributed by atoms with Crippen LogP contribution in [0.2, 0.25) is 0 Å². The van der Waals surface area contributed by atoms with E-state index in [1.165, 1.54) is 0 Å². The summed E-state index contributed by atoms with van der Waals surface area (Å²) in [5, 5.41) is 0. The van der Waals surface area contributed by atoms with Crippen molar-refractivity contribution in [2.45, 2.75) is 0 Å². The van der Waals surface area contributed by atoms with E-state index in [0.29, 0.717) is 0 Å². The number of hydrogen-bond donors (Lipinski definition) is 2. The van der Waals surface area contributed by atoms with E-state index in [0.717, 1.165) is 0 Å². The molecule has 1 unspecified atom stereocenters. The van der Waals surface area contributed by atoms with Crippen LogP contribution in [-0.2, 0) is 20.8 Å². The third kappa shape index (κ3) is 10.5. The molecule has 0 aliphatic heterocycles. The molecule has 1 atom stereocenters. The van der Waals surface area contributed by atoms with Gasteiger partial charge in [0.2, 0.25) is 0 Å². The minimum Gasteiger partial charge on any atom is -0.308 e. The van der Waals surface area contributed by atoms with Crippen LogP contribution in [0.15, 0.2) is 36.4 Å². The zero-order valence-corrected chi connectivity index (χ0v) is 6.89. The minimum atomic E-state index is -2.29. The van der Waals surface area contributed by atoms with Gasteiger partial charge in [-0.3, -0.25) is 0 Å². The molecule has 0 fully saturated rings. The maximum atomic E-state index is 8.96. The number of thiol groups is 1. The zero-order chi connectivity index (χ0) is 7.82. The van der Waals surface area contributed by atoms with Crippen LogP contribution in [0.1, 0.15) is 0 Å². The molecule has 1 N–H and O–H groups in total. The lowest BCUT2D eigenvalue weighted by Gasteiger charge is -1.69. The Morgan fingerprint density at radius 2 is 1.10 bits per heavy atom. The summed E-state index contributed by atoms with van der Waals surface area (Å²) >= 11 is 3.69. The molecule has 0 aliphatic carbocycles. The van der Waals surface area contributed by atoms with Crippen LogP contribution in [-0.4, -0.2) is 8.76 Å². The van der Waals surface area contributed by atoms with E-state index in [1.54, 1.807) is 0 Å². The Morgan fingerprint density at radius 1 is 1.00 bits per heavy atom. The molecule has 0 amide bonds. The van der Waals surface area contributed by atoms with Crippen molar-refractivity contribution >= 4 is 20.8 Å². The molecule has 0 saturated carbocycles. The third-order valence-electron chi connectivity index (χ3n) is 0.667. The van der Waals surface area contributed by atoms with Gasteiger partial charge < -0.3 is 4.55 Å². The van der Waals surface area contributed by atoms with Gasteiger partial charge in [0.1, 0.15) is 9.64 Å². The van der Waals surface area contributed by atoms with Crippen molar-refractivity contribution in [3.05, 3.63) is 36.4 Å². The first kappa shape index (κ1) is 9.55. The molecule has 0 radical (unpaired) electrons. The second kappa shape index (κ2) is 6.67. The second-order valence-corrected chi connectivity index (χ2v) is 2.81. The van der Waals surface area contributed by atoms with Crippen LogP contribution in [0.3, 0.4) is 0 Å². The van der Waals surface area contributed by atoms with E-state index >= 15 is 0 Å². The van der Waals surface area contributed by atoms with E-state index in [-0.39, 0.29) is 0 Å². The Labute approximate surface area is 66.4 Å². The van der Waals surface area contributed by atoms with Crippen LogP contribution < -0.4 is 0 Å².